The Balaban J connectivity index is 2.03. The normalized spacial score (nSPS) is 10.8. The summed E-state index contributed by atoms with van der Waals surface area (Å²) < 4.78 is 21.6. The van der Waals surface area contributed by atoms with Crippen LogP contribution >= 0.6 is 0 Å². The number of aromatic hydroxyl groups is 1. The van der Waals surface area contributed by atoms with Gasteiger partial charge in [0, 0.05) is 11.1 Å². The molecule has 10 heteroatoms. The van der Waals surface area contributed by atoms with Gasteiger partial charge in [-0.15, -0.1) is 0 Å². The van der Waals surface area contributed by atoms with Crippen LogP contribution < -0.4 is 24.7 Å². The lowest BCUT2D eigenvalue weighted by Gasteiger charge is -2.14. The van der Waals surface area contributed by atoms with Gasteiger partial charge < -0.3 is 29.8 Å². The molecule has 0 unspecified atom stereocenters. The number of nitrogens with zero attached hydrogens (tertiary/aromatic N) is 4. The molecule has 2 aromatic carbocycles. The largest absolute Gasteiger partial charge is 0.493 e. The molecule has 0 radical (unpaired) electrons. The summed E-state index contributed by atoms with van der Waals surface area (Å²) in [6.45, 7) is 0. The number of nitrogens with two attached hydrogens (primary N) is 1. The second kappa shape index (κ2) is 8.42. The lowest BCUT2D eigenvalue weighted by atomic mass is 10.0. The Morgan fingerprint density at radius 2 is 1.16 bits per heavy atom. The third-order valence-electron chi connectivity index (χ3n) is 4.84. The summed E-state index contributed by atoms with van der Waals surface area (Å²) in [7, 11) is 6.22. The van der Waals surface area contributed by atoms with Crippen molar-refractivity contribution in [2.24, 2.45) is 0 Å². The van der Waals surface area contributed by atoms with E-state index in [-0.39, 0.29) is 23.0 Å². The van der Waals surface area contributed by atoms with Crippen LogP contribution in [0.3, 0.4) is 0 Å². The Morgan fingerprint density at radius 1 is 0.656 bits per heavy atom. The molecular formula is C22H21N5O5. The van der Waals surface area contributed by atoms with E-state index in [9.17, 15) is 5.11 Å². The molecule has 0 spiro atoms. The maximum Gasteiger partial charge on any atom is 0.244 e. The van der Waals surface area contributed by atoms with Crippen molar-refractivity contribution in [2.45, 2.75) is 0 Å². The summed E-state index contributed by atoms with van der Waals surface area (Å²) in [5.41, 5.74) is 8.30. The predicted octanol–water partition coefficient (Wildman–Crippen LogP) is 3.08. The van der Waals surface area contributed by atoms with Gasteiger partial charge in [0.2, 0.25) is 11.8 Å². The van der Waals surface area contributed by atoms with Gasteiger partial charge in [0.25, 0.3) is 0 Å². The van der Waals surface area contributed by atoms with E-state index in [1.54, 1.807) is 52.7 Å². The minimum atomic E-state index is -0.361. The number of rotatable bonds is 6. The Kier molecular flexibility index (Phi) is 5.50. The number of hydrogen-bond acceptors (Lipinski definition) is 10. The van der Waals surface area contributed by atoms with Crippen molar-refractivity contribution in [1.29, 1.82) is 0 Å². The number of nitrogen functional groups attached to an aromatic ring is 1. The molecule has 32 heavy (non-hydrogen) atoms. The number of benzene rings is 2. The van der Waals surface area contributed by atoms with Gasteiger partial charge in [-0.2, -0.15) is 9.97 Å². The van der Waals surface area contributed by atoms with Crippen molar-refractivity contribution in [1.82, 2.24) is 19.9 Å². The molecule has 0 aliphatic rings. The molecule has 4 aromatic rings. The first kappa shape index (κ1) is 20.9. The summed E-state index contributed by atoms with van der Waals surface area (Å²) in [5.74, 6) is 1.71. The van der Waals surface area contributed by atoms with E-state index in [1.165, 1.54) is 0 Å². The molecule has 4 rings (SSSR count). The molecule has 0 saturated carbocycles. The van der Waals surface area contributed by atoms with Gasteiger partial charge in [-0.25, -0.2) is 9.97 Å². The first-order chi connectivity index (χ1) is 15.5. The number of hydrogen-bond donors (Lipinski definition) is 2. The molecule has 164 valence electrons. The minimum Gasteiger partial charge on any atom is -0.493 e. The molecular weight excluding hydrogens is 414 g/mol. The van der Waals surface area contributed by atoms with Crippen LogP contribution in [0.5, 0.6) is 28.9 Å². The maximum absolute atomic E-state index is 10.3. The quantitative estimate of drug-likeness (QED) is 0.465. The molecule has 2 aromatic heterocycles. The molecule has 0 amide bonds. The van der Waals surface area contributed by atoms with Crippen LogP contribution in [0, 0.1) is 0 Å². The van der Waals surface area contributed by atoms with Crippen LogP contribution in [-0.2, 0) is 0 Å². The van der Waals surface area contributed by atoms with Gasteiger partial charge in [0.1, 0.15) is 0 Å². The molecule has 0 aliphatic heterocycles. The fourth-order valence-electron chi connectivity index (χ4n) is 3.32. The Labute approximate surface area is 183 Å². The standard InChI is InChI=1S/C22H21N5O5/c1-29-13-7-5-11(9-15(13)31-3)17-18(12-6-8-14(30-2)16(10-12)32-4)25-20-19(24-17)21(28)27-22(23)26-20/h5-10H,1-4H3,(H3,23,25,26,27,28). The fraction of sp³-hybridized carbons (Fsp3) is 0.182. The molecule has 2 heterocycles. The van der Waals surface area contributed by atoms with Crippen LogP contribution in [0.2, 0.25) is 0 Å². The first-order valence-electron chi connectivity index (χ1n) is 9.48. The van der Waals surface area contributed by atoms with E-state index in [0.717, 1.165) is 0 Å². The van der Waals surface area contributed by atoms with Crippen molar-refractivity contribution in [3.05, 3.63) is 36.4 Å². The van der Waals surface area contributed by atoms with E-state index in [2.05, 4.69) is 19.9 Å². The lowest BCUT2D eigenvalue weighted by Crippen LogP contribution is -2.02. The zero-order valence-electron chi connectivity index (χ0n) is 17.9. The summed E-state index contributed by atoms with van der Waals surface area (Å²) in [5, 5.41) is 10.3. The van der Waals surface area contributed by atoms with Gasteiger partial charge in [-0.3, -0.25) is 0 Å². The average molecular weight is 435 g/mol. The van der Waals surface area contributed by atoms with Gasteiger partial charge in [-0.1, -0.05) is 0 Å². The zero-order valence-corrected chi connectivity index (χ0v) is 17.9. The molecule has 0 atom stereocenters. The monoisotopic (exact) mass is 435 g/mol. The highest BCUT2D eigenvalue weighted by Crippen LogP contribution is 2.39. The van der Waals surface area contributed by atoms with E-state index in [4.69, 9.17) is 24.7 Å². The summed E-state index contributed by atoms with van der Waals surface area (Å²) in [4.78, 5) is 17.2. The number of fused-ring (bicyclic) bond motifs is 1. The van der Waals surface area contributed by atoms with Crippen LogP contribution in [-0.4, -0.2) is 53.5 Å². The van der Waals surface area contributed by atoms with Crippen molar-refractivity contribution in [3.63, 3.8) is 0 Å². The molecule has 0 bridgehead atoms. The zero-order chi connectivity index (χ0) is 22.8. The van der Waals surface area contributed by atoms with E-state index >= 15 is 0 Å². The van der Waals surface area contributed by atoms with Crippen molar-refractivity contribution < 1.29 is 24.1 Å². The van der Waals surface area contributed by atoms with Crippen molar-refractivity contribution in [3.8, 4) is 51.4 Å². The third kappa shape index (κ3) is 3.62. The highest BCUT2D eigenvalue weighted by molar-refractivity contribution is 5.87. The maximum atomic E-state index is 10.3. The van der Waals surface area contributed by atoms with E-state index in [0.29, 0.717) is 45.5 Å². The van der Waals surface area contributed by atoms with Gasteiger partial charge in [0.05, 0.1) is 39.8 Å². The molecule has 0 fully saturated rings. The second-order valence-electron chi connectivity index (χ2n) is 6.64. The van der Waals surface area contributed by atoms with Crippen molar-refractivity contribution >= 4 is 17.1 Å². The van der Waals surface area contributed by atoms with Crippen LogP contribution in [0.15, 0.2) is 36.4 Å². The lowest BCUT2D eigenvalue weighted by molar-refractivity contribution is 0.355. The highest BCUT2D eigenvalue weighted by atomic mass is 16.5. The average Bonchev–Trinajstić information content (AvgIpc) is 2.82. The van der Waals surface area contributed by atoms with Gasteiger partial charge >= 0.3 is 0 Å². The fourth-order valence-corrected chi connectivity index (χ4v) is 3.32. The summed E-state index contributed by atoms with van der Waals surface area (Å²) >= 11 is 0. The topological polar surface area (TPSA) is 135 Å². The van der Waals surface area contributed by atoms with Gasteiger partial charge in [0.15, 0.2) is 34.2 Å². The molecule has 0 aliphatic carbocycles. The second-order valence-corrected chi connectivity index (χ2v) is 6.64. The van der Waals surface area contributed by atoms with Crippen LogP contribution in [0.1, 0.15) is 0 Å². The molecule has 3 N–H and O–H groups in total. The molecule has 10 nitrogen and oxygen atoms in total. The van der Waals surface area contributed by atoms with Gasteiger partial charge in [-0.05, 0) is 36.4 Å². The SMILES string of the molecule is COc1ccc(-c2nc3nc(N)nc(O)c3nc2-c2ccc(OC)c(OC)c2)cc1OC. The smallest absolute Gasteiger partial charge is 0.244 e. The minimum absolute atomic E-state index is 0.110. The number of aromatic nitrogens is 4. The molecule has 0 saturated heterocycles. The van der Waals surface area contributed by atoms with Crippen LogP contribution in [0.4, 0.5) is 5.95 Å². The number of methoxy groups -OCH3 is 4. The first-order valence-corrected chi connectivity index (χ1v) is 9.48. The summed E-state index contributed by atoms with van der Waals surface area (Å²) in [6.07, 6.45) is 0. The van der Waals surface area contributed by atoms with E-state index in [1.807, 2.05) is 12.1 Å². The number of ether oxygens (including phenoxy) is 4. The Hall–Kier alpha value is -4.34. The Morgan fingerprint density at radius 3 is 1.66 bits per heavy atom. The third-order valence-corrected chi connectivity index (χ3v) is 4.84. The highest BCUT2D eigenvalue weighted by Gasteiger charge is 2.20. The Bertz CT molecular complexity index is 1310. The van der Waals surface area contributed by atoms with Crippen LogP contribution in [0.25, 0.3) is 33.7 Å². The summed E-state index contributed by atoms with van der Waals surface area (Å²) in [6, 6.07) is 10.7. The van der Waals surface area contributed by atoms with Crippen molar-refractivity contribution in [2.75, 3.05) is 34.2 Å². The predicted molar refractivity (Wildman–Crippen MR) is 118 cm³/mol. The number of anilines is 1. The van der Waals surface area contributed by atoms with E-state index < -0.39 is 0 Å².